The molecule has 2 aromatic rings. The average Bonchev–Trinajstić information content (AvgIpc) is 2.88. The molecule has 0 aliphatic carbocycles. The van der Waals surface area contributed by atoms with Crippen molar-refractivity contribution in [2.45, 2.75) is 6.42 Å². The number of nitrogens with zero attached hydrogens (tertiary/aromatic N) is 3. The molecule has 0 fully saturated rings. The number of nitrogens with one attached hydrogen (secondary N) is 1. The molecule has 20 heavy (non-hydrogen) atoms. The third-order valence-corrected chi connectivity index (χ3v) is 2.58. The van der Waals surface area contributed by atoms with E-state index in [0.29, 0.717) is 30.3 Å². The van der Waals surface area contributed by atoms with Gasteiger partial charge in [0.25, 0.3) is 0 Å². The highest BCUT2D eigenvalue weighted by Gasteiger charge is 2.09. The number of halogens is 1. The topological polar surface area (TPSA) is 71.3 Å². The molecule has 1 N–H and O–H groups in total. The second-order valence-corrected chi connectivity index (χ2v) is 4.38. The molecule has 7 heteroatoms. The summed E-state index contributed by atoms with van der Waals surface area (Å²) in [4.78, 5) is 12.7. The SMILES string of the molecule is CN(C)C(=O)NCCc1nnc(-c2ccc(F)cc2)o1. The Hall–Kier alpha value is -2.44. The van der Waals surface area contributed by atoms with Gasteiger partial charge in [0.15, 0.2) is 0 Å². The Morgan fingerprint density at radius 3 is 2.65 bits per heavy atom. The van der Waals surface area contributed by atoms with Crippen LogP contribution in [-0.4, -0.2) is 41.8 Å². The molecule has 0 spiro atoms. The van der Waals surface area contributed by atoms with Crippen LogP contribution in [-0.2, 0) is 6.42 Å². The number of hydrogen-bond acceptors (Lipinski definition) is 4. The van der Waals surface area contributed by atoms with Crippen molar-refractivity contribution in [1.82, 2.24) is 20.4 Å². The Labute approximate surface area is 115 Å². The van der Waals surface area contributed by atoms with Crippen LogP contribution >= 0.6 is 0 Å². The average molecular weight is 278 g/mol. The number of carbonyl (C=O) groups is 1. The Morgan fingerprint density at radius 1 is 1.30 bits per heavy atom. The lowest BCUT2D eigenvalue weighted by Crippen LogP contribution is -2.35. The summed E-state index contributed by atoms with van der Waals surface area (Å²) in [6.45, 7) is 0.405. The standard InChI is InChI=1S/C13H15FN4O2/c1-18(2)13(19)15-8-7-11-16-17-12(20-11)9-3-5-10(14)6-4-9/h3-6H,7-8H2,1-2H3,(H,15,19). The van der Waals surface area contributed by atoms with Gasteiger partial charge < -0.3 is 14.6 Å². The molecular formula is C13H15FN4O2. The van der Waals surface area contributed by atoms with Gasteiger partial charge in [0.05, 0.1) is 0 Å². The molecule has 0 bridgehead atoms. The molecule has 0 radical (unpaired) electrons. The van der Waals surface area contributed by atoms with Gasteiger partial charge in [-0.15, -0.1) is 10.2 Å². The Balaban J connectivity index is 1.92. The van der Waals surface area contributed by atoms with Gasteiger partial charge in [-0.1, -0.05) is 0 Å². The predicted molar refractivity (Wildman–Crippen MR) is 70.5 cm³/mol. The van der Waals surface area contributed by atoms with E-state index >= 15 is 0 Å². The Kier molecular flexibility index (Phi) is 4.29. The maximum absolute atomic E-state index is 12.8. The smallest absolute Gasteiger partial charge is 0.316 e. The summed E-state index contributed by atoms with van der Waals surface area (Å²) >= 11 is 0. The third-order valence-electron chi connectivity index (χ3n) is 2.58. The van der Waals surface area contributed by atoms with E-state index in [4.69, 9.17) is 4.42 Å². The highest BCUT2D eigenvalue weighted by molar-refractivity contribution is 5.73. The van der Waals surface area contributed by atoms with Gasteiger partial charge in [-0.25, -0.2) is 9.18 Å². The molecule has 2 rings (SSSR count). The largest absolute Gasteiger partial charge is 0.421 e. The van der Waals surface area contributed by atoms with Crippen LogP contribution in [0.25, 0.3) is 11.5 Å². The molecule has 2 amide bonds. The molecule has 1 aromatic carbocycles. The minimum atomic E-state index is -0.320. The number of aromatic nitrogens is 2. The lowest BCUT2D eigenvalue weighted by molar-refractivity contribution is 0.217. The fraction of sp³-hybridized carbons (Fsp3) is 0.308. The van der Waals surface area contributed by atoms with Gasteiger partial charge >= 0.3 is 6.03 Å². The van der Waals surface area contributed by atoms with Crippen molar-refractivity contribution in [3.8, 4) is 11.5 Å². The maximum atomic E-state index is 12.8. The van der Waals surface area contributed by atoms with Crippen molar-refractivity contribution in [3.05, 3.63) is 36.0 Å². The van der Waals surface area contributed by atoms with Crippen LogP contribution in [0.1, 0.15) is 5.89 Å². The fourth-order valence-corrected chi connectivity index (χ4v) is 1.50. The van der Waals surface area contributed by atoms with Gasteiger partial charge in [-0.05, 0) is 24.3 Å². The molecule has 0 saturated heterocycles. The number of amides is 2. The molecule has 0 atom stereocenters. The van der Waals surface area contributed by atoms with Crippen LogP contribution < -0.4 is 5.32 Å². The second-order valence-electron chi connectivity index (χ2n) is 4.38. The van der Waals surface area contributed by atoms with E-state index in [1.807, 2.05) is 0 Å². The van der Waals surface area contributed by atoms with Crippen LogP contribution in [0.3, 0.4) is 0 Å². The number of urea groups is 1. The van der Waals surface area contributed by atoms with Crippen LogP contribution in [0.15, 0.2) is 28.7 Å². The lowest BCUT2D eigenvalue weighted by Gasteiger charge is -2.10. The normalized spacial score (nSPS) is 10.3. The van der Waals surface area contributed by atoms with Gasteiger partial charge in [0.1, 0.15) is 5.82 Å². The first-order valence-corrected chi connectivity index (χ1v) is 6.10. The zero-order valence-corrected chi connectivity index (χ0v) is 11.3. The summed E-state index contributed by atoms with van der Waals surface area (Å²) in [6, 6.07) is 5.62. The lowest BCUT2D eigenvalue weighted by atomic mass is 10.2. The van der Waals surface area contributed by atoms with Gasteiger partial charge in [-0.3, -0.25) is 0 Å². The monoisotopic (exact) mass is 278 g/mol. The fourth-order valence-electron chi connectivity index (χ4n) is 1.50. The molecule has 0 saturated carbocycles. The van der Waals surface area contributed by atoms with Crippen LogP contribution in [0.2, 0.25) is 0 Å². The zero-order valence-electron chi connectivity index (χ0n) is 11.3. The predicted octanol–water partition coefficient (Wildman–Crippen LogP) is 1.69. The van der Waals surface area contributed by atoms with Crippen LogP contribution in [0.4, 0.5) is 9.18 Å². The summed E-state index contributed by atoms with van der Waals surface area (Å²) < 4.78 is 18.2. The molecule has 0 unspecified atom stereocenters. The first kappa shape index (κ1) is 14.0. The number of rotatable bonds is 4. The van der Waals surface area contributed by atoms with Crippen molar-refractivity contribution >= 4 is 6.03 Å². The van der Waals surface area contributed by atoms with Crippen LogP contribution in [0.5, 0.6) is 0 Å². The van der Waals surface area contributed by atoms with Crippen molar-refractivity contribution in [3.63, 3.8) is 0 Å². The summed E-state index contributed by atoms with van der Waals surface area (Å²) in [6.07, 6.45) is 0.438. The number of benzene rings is 1. The molecule has 0 aliphatic heterocycles. The van der Waals surface area contributed by atoms with Crippen molar-refractivity contribution in [2.75, 3.05) is 20.6 Å². The highest BCUT2D eigenvalue weighted by Crippen LogP contribution is 2.17. The first-order chi connectivity index (χ1) is 9.56. The maximum Gasteiger partial charge on any atom is 0.316 e. The van der Waals surface area contributed by atoms with E-state index in [1.165, 1.54) is 17.0 Å². The van der Waals surface area contributed by atoms with E-state index in [-0.39, 0.29) is 11.8 Å². The second kappa shape index (κ2) is 6.14. The van der Waals surface area contributed by atoms with Crippen molar-refractivity contribution in [1.29, 1.82) is 0 Å². The van der Waals surface area contributed by atoms with E-state index in [2.05, 4.69) is 15.5 Å². The third kappa shape index (κ3) is 3.53. The number of hydrogen-bond donors (Lipinski definition) is 1. The molecule has 6 nitrogen and oxygen atoms in total. The summed E-state index contributed by atoms with van der Waals surface area (Å²) in [5, 5.41) is 10.5. The molecule has 106 valence electrons. The van der Waals surface area contributed by atoms with Gasteiger partial charge in [-0.2, -0.15) is 0 Å². The quantitative estimate of drug-likeness (QED) is 0.923. The number of carbonyl (C=O) groups excluding carboxylic acids is 1. The Bertz CT molecular complexity index is 580. The van der Waals surface area contributed by atoms with Gasteiger partial charge in [0.2, 0.25) is 11.8 Å². The van der Waals surface area contributed by atoms with E-state index in [1.54, 1.807) is 26.2 Å². The highest BCUT2D eigenvalue weighted by atomic mass is 19.1. The summed E-state index contributed by atoms with van der Waals surface area (Å²) in [5.74, 6) is 0.433. The van der Waals surface area contributed by atoms with Crippen molar-refractivity contribution < 1.29 is 13.6 Å². The van der Waals surface area contributed by atoms with Crippen molar-refractivity contribution in [2.24, 2.45) is 0 Å². The van der Waals surface area contributed by atoms with E-state index in [0.717, 1.165) is 0 Å². The molecule has 0 aliphatic rings. The summed E-state index contributed by atoms with van der Waals surface area (Å²) in [7, 11) is 3.32. The molecular weight excluding hydrogens is 263 g/mol. The van der Waals surface area contributed by atoms with E-state index in [9.17, 15) is 9.18 Å². The van der Waals surface area contributed by atoms with E-state index < -0.39 is 0 Å². The van der Waals surface area contributed by atoms with Gasteiger partial charge in [0, 0.05) is 32.6 Å². The van der Waals surface area contributed by atoms with Crippen LogP contribution in [0, 0.1) is 5.82 Å². The molecule has 1 aromatic heterocycles. The Morgan fingerprint density at radius 2 is 2.00 bits per heavy atom. The zero-order chi connectivity index (χ0) is 14.5. The molecule has 1 heterocycles. The minimum Gasteiger partial charge on any atom is -0.421 e. The minimum absolute atomic E-state index is 0.178. The summed E-state index contributed by atoms with van der Waals surface area (Å²) in [5.41, 5.74) is 0.655. The first-order valence-electron chi connectivity index (χ1n) is 6.10.